The van der Waals surface area contributed by atoms with Gasteiger partial charge in [0.15, 0.2) is 11.6 Å². The smallest absolute Gasteiger partial charge is 0.344 e. The van der Waals surface area contributed by atoms with Crippen molar-refractivity contribution in [1.29, 1.82) is 0 Å². The van der Waals surface area contributed by atoms with E-state index in [4.69, 9.17) is 4.74 Å². The Morgan fingerprint density at radius 1 is 0.654 bits per heavy atom. The number of hydrogen-bond acceptors (Lipinski definition) is 4. The predicted molar refractivity (Wildman–Crippen MR) is 97.7 cm³/mol. The minimum Gasteiger partial charge on any atom is -0.423 e. The van der Waals surface area contributed by atoms with Crippen molar-refractivity contribution in [1.82, 2.24) is 0 Å². The van der Waals surface area contributed by atoms with Gasteiger partial charge in [0.25, 0.3) is 0 Å². The lowest BCUT2D eigenvalue weighted by atomic mass is 9.98. The van der Waals surface area contributed by atoms with Gasteiger partial charge in [-0.15, -0.1) is 0 Å². The molecule has 3 aromatic rings. The van der Waals surface area contributed by atoms with E-state index in [9.17, 15) is 14.4 Å². The highest BCUT2D eigenvalue weighted by atomic mass is 16.5. The zero-order valence-corrected chi connectivity index (χ0v) is 14.1. The summed E-state index contributed by atoms with van der Waals surface area (Å²) in [6, 6.07) is 21.6. The van der Waals surface area contributed by atoms with Crippen molar-refractivity contribution in [3.8, 4) is 5.75 Å². The second-order valence-corrected chi connectivity index (χ2v) is 5.71. The molecule has 128 valence electrons. The van der Waals surface area contributed by atoms with Crippen LogP contribution in [0.4, 0.5) is 0 Å². The van der Waals surface area contributed by atoms with E-state index in [2.05, 4.69) is 0 Å². The zero-order chi connectivity index (χ0) is 18.5. The summed E-state index contributed by atoms with van der Waals surface area (Å²) in [4.78, 5) is 36.6. The molecule has 0 aliphatic rings. The molecule has 3 aromatic carbocycles. The first kappa shape index (κ1) is 17.3. The number of ketones is 2. The Balaban J connectivity index is 1.86. The van der Waals surface area contributed by atoms with Gasteiger partial charge >= 0.3 is 5.97 Å². The lowest BCUT2D eigenvalue weighted by Crippen LogP contribution is -2.14. The van der Waals surface area contributed by atoms with Crippen LogP contribution in [0.25, 0.3) is 0 Å². The normalized spacial score (nSPS) is 10.2. The highest BCUT2D eigenvalue weighted by molar-refractivity contribution is 6.14. The van der Waals surface area contributed by atoms with Crippen molar-refractivity contribution in [3.05, 3.63) is 101 Å². The Hall–Kier alpha value is -3.53. The van der Waals surface area contributed by atoms with E-state index in [0.29, 0.717) is 16.9 Å². The third kappa shape index (κ3) is 3.75. The van der Waals surface area contributed by atoms with Crippen molar-refractivity contribution in [2.75, 3.05) is 0 Å². The molecule has 0 spiro atoms. The number of hydrogen-bond donors (Lipinski definition) is 0. The van der Waals surface area contributed by atoms with E-state index in [0.717, 1.165) is 0 Å². The Bertz CT molecular complexity index is 957. The third-order valence-electron chi connectivity index (χ3n) is 3.90. The summed E-state index contributed by atoms with van der Waals surface area (Å²) in [6.45, 7) is 1.46. The fourth-order valence-corrected chi connectivity index (χ4v) is 2.52. The number of rotatable bonds is 5. The van der Waals surface area contributed by atoms with Crippen LogP contribution < -0.4 is 4.74 Å². The fraction of sp³-hybridized carbons (Fsp3) is 0.0455. The van der Waals surface area contributed by atoms with E-state index in [1.807, 2.05) is 6.07 Å². The molecular weight excluding hydrogens is 328 g/mol. The highest BCUT2D eigenvalue weighted by Crippen LogP contribution is 2.19. The molecule has 0 bridgehead atoms. The maximum absolute atomic E-state index is 12.7. The monoisotopic (exact) mass is 344 g/mol. The van der Waals surface area contributed by atoms with Crippen LogP contribution in [0.3, 0.4) is 0 Å². The van der Waals surface area contributed by atoms with Gasteiger partial charge in [0.1, 0.15) is 5.75 Å². The largest absolute Gasteiger partial charge is 0.423 e. The van der Waals surface area contributed by atoms with Crippen molar-refractivity contribution >= 4 is 17.5 Å². The average Bonchev–Trinajstić information content (AvgIpc) is 2.68. The molecule has 3 rings (SSSR count). The second kappa shape index (κ2) is 7.57. The van der Waals surface area contributed by atoms with Crippen LogP contribution in [0.15, 0.2) is 78.9 Å². The van der Waals surface area contributed by atoms with Gasteiger partial charge < -0.3 is 4.74 Å². The minimum atomic E-state index is -0.625. The molecular formula is C22H16O4. The van der Waals surface area contributed by atoms with Crippen LogP contribution in [-0.2, 0) is 0 Å². The molecule has 0 amide bonds. The molecule has 0 atom stereocenters. The Kier molecular flexibility index (Phi) is 5.04. The minimum absolute atomic E-state index is 0.0679. The first-order valence-electron chi connectivity index (χ1n) is 8.08. The molecule has 4 heteroatoms. The summed E-state index contributed by atoms with van der Waals surface area (Å²) in [5.41, 5.74) is 1.50. The lowest BCUT2D eigenvalue weighted by molar-refractivity contribution is 0.0730. The van der Waals surface area contributed by atoms with Gasteiger partial charge in [0, 0.05) is 16.7 Å². The summed E-state index contributed by atoms with van der Waals surface area (Å²) >= 11 is 0. The van der Waals surface area contributed by atoms with Gasteiger partial charge in [-0.3, -0.25) is 9.59 Å². The van der Waals surface area contributed by atoms with E-state index < -0.39 is 5.97 Å². The van der Waals surface area contributed by atoms with E-state index in [1.165, 1.54) is 6.92 Å². The number of benzene rings is 3. The first-order valence-corrected chi connectivity index (χ1v) is 8.08. The summed E-state index contributed by atoms with van der Waals surface area (Å²) in [7, 11) is 0. The maximum Gasteiger partial charge on any atom is 0.344 e. The summed E-state index contributed by atoms with van der Waals surface area (Å²) < 4.78 is 5.36. The van der Waals surface area contributed by atoms with Crippen LogP contribution in [-0.4, -0.2) is 17.5 Å². The van der Waals surface area contributed by atoms with Gasteiger partial charge in [-0.1, -0.05) is 48.5 Å². The first-order chi connectivity index (χ1) is 12.6. The molecule has 4 nitrogen and oxygen atoms in total. The zero-order valence-electron chi connectivity index (χ0n) is 14.1. The Labute approximate surface area is 151 Å². The molecule has 0 N–H and O–H groups in total. The average molecular weight is 344 g/mol. The molecule has 0 saturated heterocycles. The van der Waals surface area contributed by atoms with Gasteiger partial charge in [-0.25, -0.2) is 4.79 Å². The Morgan fingerprint density at radius 2 is 1.23 bits per heavy atom. The molecule has 0 heterocycles. The Morgan fingerprint density at radius 3 is 1.85 bits per heavy atom. The van der Waals surface area contributed by atoms with Crippen molar-refractivity contribution in [2.45, 2.75) is 6.92 Å². The maximum atomic E-state index is 12.7. The molecule has 0 aliphatic heterocycles. The van der Waals surface area contributed by atoms with Gasteiger partial charge in [-0.2, -0.15) is 0 Å². The fourth-order valence-electron chi connectivity index (χ4n) is 2.52. The number of carbonyl (C=O) groups is 3. The van der Waals surface area contributed by atoms with Gasteiger partial charge in [0.05, 0.1) is 5.56 Å². The van der Waals surface area contributed by atoms with E-state index >= 15 is 0 Å². The molecule has 26 heavy (non-hydrogen) atoms. The molecule has 0 saturated carbocycles. The SMILES string of the molecule is CC(=O)c1ccc(OC(=O)c2ccccc2C(=O)c2ccccc2)cc1. The number of esters is 1. The summed E-state index contributed by atoms with van der Waals surface area (Å²) in [5, 5.41) is 0. The standard InChI is InChI=1S/C22H16O4/c1-15(23)16-11-13-18(14-12-16)26-22(25)20-10-6-5-9-19(20)21(24)17-7-3-2-4-8-17/h2-14H,1H3. The molecule has 0 fully saturated rings. The molecule has 0 radical (unpaired) electrons. The topological polar surface area (TPSA) is 60.4 Å². The van der Waals surface area contributed by atoms with E-state index in [-0.39, 0.29) is 22.7 Å². The van der Waals surface area contributed by atoms with Gasteiger partial charge in [-0.05, 0) is 37.3 Å². The third-order valence-corrected chi connectivity index (χ3v) is 3.90. The summed E-state index contributed by atoms with van der Waals surface area (Å²) in [5.74, 6) is -0.630. The van der Waals surface area contributed by atoms with Crippen LogP contribution in [0.1, 0.15) is 43.6 Å². The van der Waals surface area contributed by atoms with Crippen LogP contribution in [0.2, 0.25) is 0 Å². The summed E-state index contributed by atoms with van der Waals surface area (Å²) in [6.07, 6.45) is 0. The highest BCUT2D eigenvalue weighted by Gasteiger charge is 2.19. The van der Waals surface area contributed by atoms with Crippen LogP contribution in [0.5, 0.6) is 5.75 Å². The molecule has 0 aliphatic carbocycles. The van der Waals surface area contributed by atoms with Crippen LogP contribution >= 0.6 is 0 Å². The quantitative estimate of drug-likeness (QED) is 0.392. The second-order valence-electron chi connectivity index (χ2n) is 5.71. The van der Waals surface area contributed by atoms with Gasteiger partial charge in [0.2, 0.25) is 0 Å². The number of ether oxygens (including phenoxy) is 1. The predicted octanol–water partition coefficient (Wildman–Crippen LogP) is 4.34. The van der Waals surface area contributed by atoms with Crippen molar-refractivity contribution in [2.24, 2.45) is 0 Å². The number of Topliss-reactive ketones (excluding diaryl/α,β-unsaturated/α-hetero) is 1. The van der Waals surface area contributed by atoms with E-state index in [1.54, 1.807) is 72.8 Å². The lowest BCUT2D eigenvalue weighted by Gasteiger charge is -2.09. The van der Waals surface area contributed by atoms with Crippen molar-refractivity contribution < 1.29 is 19.1 Å². The molecule has 0 aromatic heterocycles. The molecule has 0 unspecified atom stereocenters. The van der Waals surface area contributed by atoms with Crippen molar-refractivity contribution in [3.63, 3.8) is 0 Å². The van der Waals surface area contributed by atoms with Crippen LogP contribution in [0, 0.1) is 0 Å². The number of carbonyl (C=O) groups excluding carboxylic acids is 3.